The molecule has 0 atom stereocenters. The molecule has 7 heteroatoms. The van der Waals surface area contributed by atoms with E-state index in [2.05, 4.69) is 20.9 Å². The summed E-state index contributed by atoms with van der Waals surface area (Å²) in [6, 6.07) is 9.00. The van der Waals surface area contributed by atoms with Gasteiger partial charge in [0.1, 0.15) is 17.2 Å². The van der Waals surface area contributed by atoms with E-state index in [9.17, 15) is 9.59 Å². The molecule has 0 bridgehead atoms. The Kier molecular flexibility index (Phi) is 6.14. The Morgan fingerprint density at radius 1 is 1.29 bits per heavy atom. The van der Waals surface area contributed by atoms with E-state index in [-0.39, 0.29) is 12.3 Å². The highest BCUT2D eigenvalue weighted by molar-refractivity contribution is 9.10. The highest BCUT2D eigenvalue weighted by atomic mass is 79.9. The summed E-state index contributed by atoms with van der Waals surface area (Å²) in [5, 5.41) is 0.838. The first-order valence-corrected chi connectivity index (χ1v) is 9.76. The van der Waals surface area contributed by atoms with Gasteiger partial charge in [-0.05, 0) is 66.0 Å². The fraction of sp³-hybridized carbons (Fsp3) is 0.286. The van der Waals surface area contributed by atoms with Crippen molar-refractivity contribution in [3.05, 3.63) is 62.5 Å². The molecule has 28 heavy (non-hydrogen) atoms. The van der Waals surface area contributed by atoms with Crippen molar-refractivity contribution in [2.75, 3.05) is 18.6 Å². The summed E-state index contributed by atoms with van der Waals surface area (Å²) < 4.78 is 11.5. The molecule has 0 radical (unpaired) electrons. The fourth-order valence-electron chi connectivity index (χ4n) is 3.15. The summed E-state index contributed by atoms with van der Waals surface area (Å²) in [7, 11) is 1.56. The van der Waals surface area contributed by atoms with Crippen molar-refractivity contribution in [2.24, 2.45) is 0 Å². The van der Waals surface area contributed by atoms with Crippen molar-refractivity contribution in [3.63, 3.8) is 0 Å². The molecule has 1 aromatic carbocycles. The first kappa shape index (κ1) is 20.1. The van der Waals surface area contributed by atoms with Gasteiger partial charge in [-0.1, -0.05) is 0 Å². The molecule has 0 spiro atoms. The third kappa shape index (κ3) is 4.09. The van der Waals surface area contributed by atoms with Gasteiger partial charge in [0.25, 0.3) is 0 Å². The Bertz CT molecular complexity index is 1060. The normalized spacial score (nSPS) is 10.9. The van der Waals surface area contributed by atoms with Gasteiger partial charge in [0, 0.05) is 40.7 Å². The van der Waals surface area contributed by atoms with Gasteiger partial charge < -0.3 is 9.15 Å². The van der Waals surface area contributed by atoms with Gasteiger partial charge in [0.05, 0.1) is 7.11 Å². The highest BCUT2D eigenvalue weighted by Crippen LogP contribution is 2.25. The largest absolute Gasteiger partial charge is 0.497 e. The number of nitrogens with zero attached hydrogens (tertiary/aromatic N) is 2. The molecule has 1 amide bonds. The van der Waals surface area contributed by atoms with E-state index < -0.39 is 5.63 Å². The van der Waals surface area contributed by atoms with E-state index in [1.54, 1.807) is 30.3 Å². The van der Waals surface area contributed by atoms with Crippen LogP contribution in [0, 0.1) is 6.92 Å². The highest BCUT2D eigenvalue weighted by Gasteiger charge is 2.18. The van der Waals surface area contributed by atoms with Crippen molar-refractivity contribution < 1.29 is 13.9 Å². The zero-order valence-corrected chi connectivity index (χ0v) is 17.6. The molecular formula is C21H21BrN2O4. The van der Waals surface area contributed by atoms with Gasteiger partial charge in [-0.25, -0.2) is 9.78 Å². The smallest absolute Gasteiger partial charge is 0.339 e. The van der Waals surface area contributed by atoms with Crippen molar-refractivity contribution in [3.8, 4) is 5.75 Å². The predicted octanol–water partition coefficient (Wildman–Crippen LogP) is 4.25. The first-order valence-electron chi connectivity index (χ1n) is 8.96. The van der Waals surface area contributed by atoms with Crippen LogP contribution in [0.1, 0.15) is 24.5 Å². The van der Waals surface area contributed by atoms with Crippen LogP contribution >= 0.6 is 15.9 Å². The second kappa shape index (κ2) is 8.56. The lowest BCUT2D eigenvalue weighted by molar-refractivity contribution is -0.118. The third-order valence-electron chi connectivity index (χ3n) is 4.69. The molecule has 6 nitrogen and oxygen atoms in total. The van der Waals surface area contributed by atoms with E-state index >= 15 is 0 Å². The Balaban J connectivity index is 1.83. The minimum Gasteiger partial charge on any atom is -0.497 e. The molecule has 0 aliphatic heterocycles. The number of rotatable bonds is 6. The van der Waals surface area contributed by atoms with Crippen LogP contribution in [0.4, 0.5) is 5.82 Å². The number of pyridine rings is 1. The van der Waals surface area contributed by atoms with Gasteiger partial charge in [-0.2, -0.15) is 0 Å². The summed E-state index contributed by atoms with van der Waals surface area (Å²) >= 11 is 3.34. The lowest BCUT2D eigenvalue weighted by Gasteiger charge is -2.20. The van der Waals surface area contributed by atoms with Crippen LogP contribution in [0.3, 0.4) is 0 Å². The number of carbonyl (C=O) groups excluding carboxylic acids is 1. The zero-order chi connectivity index (χ0) is 20.3. The second-order valence-corrected chi connectivity index (χ2v) is 7.24. The van der Waals surface area contributed by atoms with Crippen molar-refractivity contribution >= 4 is 38.6 Å². The third-order valence-corrected chi connectivity index (χ3v) is 5.16. The van der Waals surface area contributed by atoms with Crippen LogP contribution in [-0.4, -0.2) is 24.5 Å². The number of ether oxygens (including phenoxy) is 1. The average Bonchev–Trinajstić information content (AvgIpc) is 2.69. The summed E-state index contributed by atoms with van der Waals surface area (Å²) in [5.74, 6) is 1.12. The molecule has 0 unspecified atom stereocenters. The van der Waals surface area contributed by atoms with Crippen molar-refractivity contribution in [1.29, 1.82) is 0 Å². The molecule has 0 saturated heterocycles. The van der Waals surface area contributed by atoms with Crippen LogP contribution in [0.15, 0.2) is 50.2 Å². The van der Waals surface area contributed by atoms with Crippen LogP contribution < -0.4 is 15.3 Å². The number of methoxy groups -OCH3 is 1. The van der Waals surface area contributed by atoms with Gasteiger partial charge in [0.2, 0.25) is 5.91 Å². The first-order chi connectivity index (χ1) is 13.4. The Hall–Kier alpha value is -2.67. The number of hydrogen-bond donors (Lipinski definition) is 0. The Labute approximate surface area is 171 Å². The van der Waals surface area contributed by atoms with Crippen molar-refractivity contribution in [1.82, 2.24) is 4.98 Å². The van der Waals surface area contributed by atoms with E-state index in [0.29, 0.717) is 35.7 Å². The number of fused-ring (bicyclic) bond motifs is 1. The van der Waals surface area contributed by atoms with Crippen LogP contribution in [0.2, 0.25) is 0 Å². The molecule has 3 aromatic rings. The predicted molar refractivity (Wildman–Crippen MR) is 112 cm³/mol. The maximum atomic E-state index is 12.7. The van der Waals surface area contributed by atoms with Gasteiger partial charge in [-0.3, -0.25) is 9.69 Å². The topological polar surface area (TPSA) is 72.6 Å². The van der Waals surface area contributed by atoms with Gasteiger partial charge >= 0.3 is 5.63 Å². The number of anilines is 1. The monoisotopic (exact) mass is 444 g/mol. The summed E-state index contributed by atoms with van der Waals surface area (Å²) in [6.45, 7) is 4.27. The summed E-state index contributed by atoms with van der Waals surface area (Å²) in [6.07, 6.45) is 2.16. The molecule has 146 valence electrons. The molecule has 0 aliphatic carbocycles. The molecule has 0 aliphatic rings. The second-order valence-electron chi connectivity index (χ2n) is 6.33. The number of halogens is 1. The summed E-state index contributed by atoms with van der Waals surface area (Å²) in [5.41, 5.74) is 1.40. The molecular weight excluding hydrogens is 424 g/mol. The molecule has 3 rings (SSSR count). The molecule has 0 saturated carbocycles. The fourth-order valence-corrected chi connectivity index (χ4v) is 3.39. The van der Waals surface area contributed by atoms with Crippen LogP contribution in [0.5, 0.6) is 5.75 Å². The molecule has 0 N–H and O–H groups in total. The van der Waals surface area contributed by atoms with Crippen LogP contribution in [0.25, 0.3) is 11.0 Å². The van der Waals surface area contributed by atoms with E-state index in [0.717, 1.165) is 15.4 Å². The van der Waals surface area contributed by atoms with E-state index in [1.807, 2.05) is 32.0 Å². The maximum absolute atomic E-state index is 12.7. The lowest BCUT2D eigenvalue weighted by Crippen LogP contribution is -2.32. The zero-order valence-electron chi connectivity index (χ0n) is 16.0. The van der Waals surface area contributed by atoms with E-state index in [4.69, 9.17) is 9.15 Å². The number of carbonyl (C=O) groups is 1. The Morgan fingerprint density at radius 2 is 2.07 bits per heavy atom. The number of aryl methyl sites for hydroxylation is 1. The van der Waals surface area contributed by atoms with E-state index in [1.165, 1.54) is 0 Å². The van der Waals surface area contributed by atoms with Crippen molar-refractivity contribution in [2.45, 2.75) is 26.7 Å². The molecule has 2 heterocycles. The standard InChI is InChI=1S/C21H21BrN2O4/c1-4-24(19-9-5-14(22)12-23-19)20(25)10-8-17-13(2)16-7-6-15(27-3)11-18(16)28-21(17)26/h5-7,9,11-12H,4,8,10H2,1-3H3. The molecule has 0 fully saturated rings. The Morgan fingerprint density at radius 3 is 2.71 bits per heavy atom. The lowest BCUT2D eigenvalue weighted by atomic mass is 10.0. The van der Waals surface area contributed by atoms with Gasteiger partial charge in [-0.15, -0.1) is 0 Å². The number of hydrogen-bond acceptors (Lipinski definition) is 5. The molecule has 2 aromatic heterocycles. The number of amides is 1. The summed E-state index contributed by atoms with van der Waals surface area (Å²) in [4.78, 5) is 31.1. The SMILES string of the molecule is CCN(C(=O)CCc1c(C)c2ccc(OC)cc2oc1=O)c1ccc(Br)cn1. The minimum atomic E-state index is -0.420. The van der Waals surface area contributed by atoms with Gasteiger partial charge in [0.15, 0.2) is 0 Å². The number of benzene rings is 1. The maximum Gasteiger partial charge on any atom is 0.339 e. The quantitative estimate of drug-likeness (QED) is 0.531. The van der Waals surface area contributed by atoms with Crippen LogP contribution in [-0.2, 0) is 11.2 Å². The number of aromatic nitrogens is 1. The minimum absolute atomic E-state index is 0.0917. The average molecular weight is 445 g/mol.